The molecule has 0 unspecified atom stereocenters. The van der Waals surface area contributed by atoms with Gasteiger partial charge in [-0.25, -0.2) is 4.79 Å². The van der Waals surface area contributed by atoms with Crippen molar-refractivity contribution in [2.24, 2.45) is 5.92 Å². The van der Waals surface area contributed by atoms with Gasteiger partial charge in [0.15, 0.2) is 0 Å². The normalized spacial score (nSPS) is 22.5. The molecule has 0 radical (unpaired) electrons. The van der Waals surface area contributed by atoms with Crippen LogP contribution in [0.5, 0.6) is 0 Å². The van der Waals surface area contributed by atoms with E-state index < -0.39 is 0 Å². The lowest BCUT2D eigenvalue weighted by molar-refractivity contribution is -0.147. The summed E-state index contributed by atoms with van der Waals surface area (Å²) in [6, 6.07) is -0.649. The molecule has 0 aromatic rings. The quantitative estimate of drug-likeness (QED) is 0.726. The van der Waals surface area contributed by atoms with Crippen LogP contribution in [-0.2, 0) is 14.3 Å². The Kier molecular flexibility index (Phi) is 4.59. The number of hydrogen-bond acceptors (Lipinski definition) is 5. The van der Waals surface area contributed by atoms with Gasteiger partial charge in [0, 0.05) is 13.1 Å². The van der Waals surface area contributed by atoms with E-state index in [2.05, 4.69) is 5.32 Å². The number of hydrogen-bond donors (Lipinski definition) is 1. The fraction of sp³-hybridized carbons (Fsp3) is 0.769. The summed E-state index contributed by atoms with van der Waals surface area (Å²) in [7, 11) is 1.40. The lowest BCUT2D eigenvalue weighted by atomic mass is 9.96. The first-order valence-corrected chi connectivity index (χ1v) is 6.95. The number of amides is 3. The second kappa shape index (κ2) is 6.21. The Morgan fingerprint density at radius 2 is 1.95 bits per heavy atom. The minimum atomic E-state index is -0.336. The summed E-state index contributed by atoms with van der Waals surface area (Å²) in [5.74, 6) is -0.423. The van der Waals surface area contributed by atoms with E-state index in [4.69, 9.17) is 4.74 Å². The maximum atomic E-state index is 12.3. The molecule has 0 aromatic carbocycles. The van der Waals surface area contributed by atoms with Gasteiger partial charge >= 0.3 is 12.0 Å². The van der Waals surface area contributed by atoms with E-state index in [1.54, 1.807) is 0 Å². The molecule has 7 nitrogen and oxygen atoms in total. The SMILES string of the molecule is COC(=O)C1CCN([C@H](C)C(=O)N2CCNC2=O)CC1. The van der Waals surface area contributed by atoms with Crippen LogP contribution in [0.4, 0.5) is 4.79 Å². The van der Waals surface area contributed by atoms with E-state index in [0.717, 1.165) is 0 Å². The lowest BCUT2D eigenvalue weighted by Gasteiger charge is -2.35. The van der Waals surface area contributed by atoms with Gasteiger partial charge in [0.2, 0.25) is 5.91 Å². The van der Waals surface area contributed by atoms with Gasteiger partial charge in [-0.15, -0.1) is 0 Å². The lowest BCUT2D eigenvalue weighted by Crippen LogP contribution is -2.51. The fourth-order valence-corrected chi connectivity index (χ4v) is 2.75. The highest BCUT2D eigenvalue weighted by Gasteiger charge is 2.35. The van der Waals surface area contributed by atoms with Crippen LogP contribution >= 0.6 is 0 Å². The first-order valence-electron chi connectivity index (χ1n) is 6.95. The zero-order chi connectivity index (χ0) is 14.7. The third kappa shape index (κ3) is 2.92. The van der Waals surface area contributed by atoms with Crippen LogP contribution in [0.2, 0.25) is 0 Å². The second-order valence-electron chi connectivity index (χ2n) is 5.23. The molecule has 0 saturated carbocycles. The molecule has 7 heteroatoms. The molecular weight excluding hydrogens is 262 g/mol. The smallest absolute Gasteiger partial charge is 0.324 e. The van der Waals surface area contributed by atoms with Gasteiger partial charge in [0.1, 0.15) is 0 Å². The van der Waals surface area contributed by atoms with Crippen LogP contribution in [0.25, 0.3) is 0 Å². The van der Waals surface area contributed by atoms with E-state index in [0.29, 0.717) is 39.0 Å². The van der Waals surface area contributed by atoms with E-state index >= 15 is 0 Å². The minimum absolute atomic E-state index is 0.0753. The van der Waals surface area contributed by atoms with Crippen LogP contribution in [0.3, 0.4) is 0 Å². The van der Waals surface area contributed by atoms with Crippen molar-refractivity contribution in [3.63, 3.8) is 0 Å². The number of urea groups is 1. The predicted octanol–water partition coefficient (Wildman–Crippen LogP) is -0.188. The van der Waals surface area contributed by atoms with Crippen molar-refractivity contribution in [3.8, 4) is 0 Å². The Morgan fingerprint density at radius 3 is 2.45 bits per heavy atom. The van der Waals surface area contributed by atoms with E-state index in [-0.39, 0.29) is 29.9 Å². The zero-order valence-corrected chi connectivity index (χ0v) is 11.9. The Bertz CT molecular complexity index is 404. The fourth-order valence-electron chi connectivity index (χ4n) is 2.75. The molecular formula is C13H21N3O4. The van der Waals surface area contributed by atoms with Gasteiger partial charge in [0.25, 0.3) is 0 Å². The summed E-state index contributed by atoms with van der Waals surface area (Å²) < 4.78 is 4.74. The molecule has 2 aliphatic heterocycles. The molecule has 0 aromatic heterocycles. The molecule has 20 heavy (non-hydrogen) atoms. The summed E-state index contributed by atoms with van der Waals surface area (Å²) in [5.41, 5.74) is 0. The van der Waals surface area contributed by atoms with E-state index in [9.17, 15) is 14.4 Å². The molecule has 2 fully saturated rings. The molecule has 2 aliphatic rings. The highest BCUT2D eigenvalue weighted by molar-refractivity contribution is 5.98. The van der Waals surface area contributed by atoms with Crippen molar-refractivity contribution in [1.82, 2.24) is 15.1 Å². The number of nitrogens with one attached hydrogen (secondary N) is 1. The molecule has 0 spiro atoms. The summed E-state index contributed by atoms with van der Waals surface area (Å²) >= 11 is 0. The number of ether oxygens (including phenoxy) is 1. The minimum Gasteiger partial charge on any atom is -0.469 e. The van der Waals surface area contributed by atoms with Gasteiger partial charge in [-0.3, -0.25) is 19.4 Å². The maximum Gasteiger partial charge on any atom is 0.324 e. The number of esters is 1. The Balaban J connectivity index is 1.88. The highest BCUT2D eigenvalue weighted by Crippen LogP contribution is 2.21. The number of methoxy groups -OCH3 is 1. The molecule has 0 aliphatic carbocycles. The highest BCUT2D eigenvalue weighted by atomic mass is 16.5. The second-order valence-corrected chi connectivity index (χ2v) is 5.23. The number of carbonyl (C=O) groups excluding carboxylic acids is 3. The average Bonchev–Trinajstić information content (AvgIpc) is 2.91. The predicted molar refractivity (Wildman–Crippen MR) is 70.9 cm³/mol. The molecule has 1 atom stereocenters. The average molecular weight is 283 g/mol. The summed E-state index contributed by atoms with van der Waals surface area (Å²) in [6.07, 6.45) is 1.38. The van der Waals surface area contributed by atoms with E-state index in [1.165, 1.54) is 12.0 Å². The molecule has 2 saturated heterocycles. The molecule has 2 heterocycles. The zero-order valence-electron chi connectivity index (χ0n) is 11.9. The Hall–Kier alpha value is -1.63. The third-order valence-corrected chi connectivity index (χ3v) is 4.09. The maximum absolute atomic E-state index is 12.3. The van der Waals surface area contributed by atoms with Crippen molar-refractivity contribution < 1.29 is 19.1 Å². The first-order chi connectivity index (χ1) is 9.54. The topological polar surface area (TPSA) is 79.0 Å². The first kappa shape index (κ1) is 14.8. The number of carbonyl (C=O) groups is 3. The van der Waals surface area contributed by atoms with Gasteiger partial charge < -0.3 is 10.1 Å². The van der Waals surface area contributed by atoms with Crippen molar-refractivity contribution in [3.05, 3.63) is 0 Å². The number of rotatable bonds is 3. The summed E-state index contributed by atoms with van der Waals surface area (Å²) in [5, 5.41) is 2.62. The molecule has 1 N–H and O–H groups in total. The van der Waals surface area contributed by atoms with Crippen molar-refractivity contribution >= 4 is 17.9 Å². The van der Waals surface area contributed by atoms with Gasteiger partial charge in [0.05, 0.1) is 19.1 Å². The van der Waals surface area contributed by atoms with Crippen LogP contribution in [0.1, 0.15) is 19.8 Å². The van der Waals surface area contributed by atoms with Crippen LogP contribution < -0.4 is 5.32 Å². The monoisotopic (exact) mass is 283 g/mol. The third-order valence-electron chi connectivity index (χ3n) is 4.09. The van der Waals surface area contributed by atoms with E-state index in [1.807, 2.05) is 11.8 Å². The van der Waals surface area contributed by atoms with Crippen molar-refractivity contribution in [1.29, 1.82) is 0 Å². The largest absolute Gasteiger partial charge is 0.469 e. The van der Waals surface area contributed by atoms with Gasteiger partial charge in [-0.1, -0.05) is 0 Å². The number of likely N-dealkylation sites (tertiary alicyclic amines) is 1. The molecule has 2 rings (SSSR count). The van der Waals surface area contributed by atoms with Gasteiger partial charge in [-0.2, -0.15) is 0 Å². The van der Waals surface area contributed by atoms with Crippen molar-refractivity contribution in [2.45, 2.75) is 25.8 Å². The molecule has 112 valence electrons. The molecule has 3 amide bonds. The summed E-state index contributed by atoms with van der Waals surface area (Å²) in [6.45, 7) is 4.10. The number of piperidine rings is 1. The number of nitrogens with zero attached hydrogens (tertiary/aromatic N) is 2. The van der Waals surface area contributed by atoms with Crippen molar-refractivity contribution in [2.75, 3.05) is 33.3 Å². The van der Waals surface area contributed by atoms with Crippen LogP contribution in [0.15, 0.2) is 0 Å². The van der Waals surface area contributed by atoms with Gasteiger partial charge in [-0.05, 0) is 32.9 Å². The number of imide groups is 1. The summed E-state index contributed by atoms with van der Waals surface area (Å²) in [4.78, 5) is 38.5. The molecule has 0 bridgehead atoms. The van der Waals surface area contributed by atoms with Crippen LogP contribution in [-0.4, -0.2) is 67.0 Å². The Morgan fingerprint density at radius 1 is 1.30 bits per heavy atom. The van der Waals surface area contributed by atoms with Crippen LogP contribution in [0, 0.1) is 5.92 Å². The Labute approximate surface area is 118 Å². The standard InChI is InChI=1S/C13H21N3O4/c1-9(11(17)16-8-5-14-13(16)19)15-6-3-10(4-7-15)12(18)20-2/h9-10H,3-8H2,1-2H3,(H,14,19)/t9-/m1/s1.